The van der Waals surface area contributed by atoms with Crippen molar-refractivity contribution < 1.29 is 32.9 Å². The molecular weight excluding hydrogens is 1140 g/mol. The smallest absolute Gasteiger partial charge is 0.387 e. The minimum atomic E-state index is -4.38. The van der Waals surface area contributed by atoms with Crippen molar-refractivity contribution in [3.8, 4) is 0 Å². The molecule has 0 aliphatic heterocycles. The minimum Gasteiger partial charge on any atom is -0.387 e. The Labute approximate surface area is 563 Å². The van der Waals surface area contributed by atoms with Crippen molar-refractivity contribution in [2.75, 3.05) is 40.9 Å². The quantitative estimate of drug-likeness (QED) is 0.0243. The number of phosphoric ester groups is 1. The molecule has 0 aromatic rings. The van der Waals surface area contributed by atoms with Gasteiger partial charge >= 0.3 is 7.82 Å². The first-order chi connectivity index (χ1) is 44.5. The van der Waals surface area contributed by atoms with Crippen LogP contribution in [0.25, 0.3) is 0 Å². The van der Waals surface area contributed by atoms with Crippen LogP contribution in [0, 0.1) is 0 Å². The van der Waals surface area contributed by atoms with Gasteiger partial charge in [0, 0.05) is 6.42 Å². The maximum Gasteiger partial charge on any atom is 0.472 e. The Balaban J connectivity index is 4.16. The van der Waals surface area contributed by atoms with Gasteiger partial charge in [-0.15, -0.1) is 0 Å². The second-order valence-electron chi connectivity index (χ2n) is 26.3. The summed E-state index contributed by atoms with van der Waals surface area (Å²) < 4.78 is 23.8. The molecule has 91 heavy (non-hydrogen) atoms. The molecule has 9 heteroatoms. The fraction of sp³-hybridized carbons (Fsp3) is 0.695. The van der Waals surface area contributed by atoms with Crippen LogP contribution in [0.3, 0.4) is 0 Å². The van der Waals surface area contributed by atoms with Crippen molar-refractivity contribution in [1.29, 1.82) is 0 Å². The van der Waals surface area contributed by atoms with Crippen LogP contribution in [0.15, 0.2) is 146 Å². The van der Waals surface area contributed by atoms with Crippen LogP contribution in [0.1, 0.15) is 316 Å². The predicted molar refractivity (Wildman–Crippen MR) is 401 cm³/mol. The number of allylic oxidation sites excluding steroid dienone is 23. The monoisotopic (exact) mass is 1280 g/mol. The molecule has 0 rings (SSSR count). The van der Waals surface area contributed by atoms with E-state index in [0.29, 0.717) is 17.4 Å². The summed E-state index contributed by atoms with van der Waals surface area (Å²) in [5.41, 5.74) is 0. The number of unbranched alkanes of at least 4 members (excludes halogenated alkanes) is 33. The standard InChI is InChI=1S/C82H143N2O6P/c1-6-8-10-12-14-16-18-20-22-24-26-28-30-32-34-36-38-40-41-42-43-44-46-48-50-52-54-56-58-60-62-64-66-68-70-72-74-76-82(86)83-80(79-90-91(87,88)89-78-77-84(3,4)5)81(85)75-73-71-69-67-65-63-61-59-57-55-53-51-49-47-45-39-37-35-33-31-29-27-25-23-21-19-17-15-13-11-9-7-2/h8,10,14,16,20,22,26,28,32,34,38,40,42-43,46,48,52,54,57,59,65,67,73,75,80-81,85H,6-7,9,11-13,15,17-19,21,23-25,27,29-31,33,35-37,39,41,44-45,47,49-51,53,55-56,58,60-64,66,68-72,74,76-79H2,1-5H3,(H-,83,86,87,88)/p+1/b10-8-,16-14-,22-20-,28-26-,34-32-,40-38-,43-42-,48-46-,54-52-,59-57+,67-65+,75-73+. The minimum absolute atomic E-state index is 0.0453. The zero-order chi connectivity index (χ0) is 66.2. The molecule has 0 bridgehead atoms. The van der Waals surface area contributed by atoms with Crippen LogP contribution < -0.4 is 5.32 Å². The van der Waals surface area contributed by atoms with Crippen molar-refractivity contribution >= 4 is 13.7 Å². The van der Waals surface area contributed by atoms with Crippen molar-refractivity contribution in [3.05, 3.63) is 146 Å². The molecule has 0 aromatic carbocycles. The third kappa shape index (κ3) is 73.7. The maximum atomic E-state index is 13.1. The lowest BCUT2D eigenvalue weighted by molar-refractivity contribution is -0.870. The number of quaternary nitrogens is 1. The highest BCUT2D eigenvalue weighted by atomic mass is 31.2. The summed E-state index contributed by atoms with van der Waals surface area (Å²) in [6, 6.07) is -0.886. The van der Waals surface area contributed by atoms with Gasteiger partial charge in [-0.05, 0) is 116 Å². The number of phosphoric acid groups is 1. The van der Waals surface area contributed by atoms with Crippen molar-refractivity contribution in [2.24, 2.45) is 0 Å². The lowest BCUT2D eigenvalue weighted by atomic mass is 10.0. The Morgan fingerprint density at radius 2 is 0.670 bits per heavy atom. The number of nitrogens with one attached hydrogen (secondary N) is 1. The molecule has 0 radical (unpaired) electrons. The van der Waals surface area contributed by atoms with Gasteiger partial charge in [-0.2, -0.15) is 0 Å². The number of likely N-dealkylation sites (N-methyl/N-ethyl adjacent to an activating group) is 1. The first-order valence-corrected chi connectivity index (χ1v) is 39.2. The SMILES string of the molecule is CC/C=C\C/C=C\C/C=C\C/C=C\C/C=C\C/C=C\C/C=C\C/C=C\C/C=C\CCCCCCCCCCCC(=O)NC(COP(=O)(O)OCC[N+](C)(C)C)C(O)/C=C/CC/C=C/CC/C=C/CCCCCCCCCCCCCCCCCCCCCCCC. The third-order valence-electron chi connectivity index (χ3n) is 16.3. The van der Waals surface area contributed by atoms with Gasteiger partial charge in [0.05, 0.1) is 39.9 Å². The Morgan fingerprint density at radius 3 is 1.01 bits per heavy atom. The Morgan fingerprint density at radius 1 is 0.385 bits per heavy atom. The molecule has 3 atom stereocenters. The summed E-state index contributed by atoms with van der Waals surface area (Å²) in [5.74, 6) is -0.201. The van der Waals surface area contributed by atoms with Gasteiger partial charge in [0.1, 0.15) is 13.2 Å². The van der Waals surface area contributed by atoms with Crippen LogP contribution in [0.2, 0.25) is 0 Å². The zero-order valence-electron chi connectivity index (χ0n) is 59.8. The maximum absolute atomic E-state index is 13.1. The third-order valence-corrected chi connectivity index (χ3v) is 17.3. The van der Waals surface area contributed by atoms with Crippen LogP contribution >= 0.6 is 7.82 Å². The second kappa shape index (κ2) is 70.7. The van der Waals surface area contributed by atoms with Crippen molar-refractivity contribution in [1.82, 2.24) is 5.32 Å². The molecule has 0 heterocycles. The number of rotatable bonds is 68. The van der Waals surface area contributed by atoms with Crippen LogP contribution in [0.4, 0.5) is 0 Å². The van der Waals surface area contributed by atoms with E-state index in [9.17, 15) is 19.4 Å². The molecule has 0 aliphatic rings. The molecule has 3 unspecified atom stereocenters. The van der Waals surface area contributed by atoms with E-state index in [1.165, 1.54) is 180 Å². The highest BCUT2D eigenvalue weighted by molar-refractivity contribution is 7.47. The number of aliphatic hydroxyl groups is 1. The largest absolute Gasteiger partial charge is 0.472 e. The summed E-state index contributed by atoms with van der Waals surface area (Å²) in [5, 5.41) is 14.0. The van der Waals surface area contributed by atoms with E-state index in [1.54, 1.807) is 6.08 Å². The average molecular weight is 1290 g/mol. The van der Waals surface area contributed by atoms with E-state index in [0.717, 1.165) is 116 Å². The average Bonchev–Trinajstić information content (AvgIpc) is 3.42. The van der Waals surface area contributed by atoms with Crippen LogP contribution in [-0.4, -0.2) is 73.4 Å². The number of hydrogen-bond acceptors (Lipinski definition) is 5. The van der Waals surface area contributed by atoms with E-state index < -0.39 is 20.0 Å². The van der Waals surface area contributed by atoms with Gasteiger partial charge in [0.15, 0.2) is 0 Å². The summed E-state index contributed by atoms with van der Waals surface area (Å²) in [4.78, 5) is 23.5. The topological polar surface area (TPSA) is 105 Å². The number of carbonyl (C=O) groups is 1. The first-order valence-electron chi connectivity index (χ1n) is 37.7. The number of aliphatic hydroxyl groups excluding tert-OH is 1. The predicted octanol–water partition coefficient (Wildman–Crippen LogP) is 24.7. The highest BCUT2D eigenvalue weighted by Crippen LogP contribution is 2.43. The van der Waals surface area contributed by atoms with Crippen molar-refractivity contribution in [2.45, 2.75) is 328 Å². The summed E-state index contributed by atoms with van der Waals surface area (Å²) in [6.07, 6.45) is 109. The zero-order valence-corrected chi connectivity index (χ0v) is 60.7. The molecule has 3 N–H and O–H groups in total. The number of amides is 1. The lowest BCUT2D eigenvalue weighted by Gasteiger charge is -2.25. The van der Waals surface area contributed by atoms with Gasteiger partial charge in [0.2, 0.25) is 5.91 Å². The second-order valence-corrected chi connectivity index (χ2v) is 27.7. The van der Waals surface area contributed by atoms with E-state index in [2.05, 4.69) is 153 Å². The molecule has 1 amide bonds. The summed E-state index contributed by atoms with van der Waals surface area (Å²) in [6.45, 7) is 4.68. The van der Waals surface area contributed by atoms with Crippen molar-refractivity contribution in [3.63, 3.8) is 0 Å². The summed E-state index contributed by atoms with van der Waals surface area (Å²) >= 11 is 0. The Hall–Kier alpha value is -3.62. The van der Waals surface area contributed by atoms with Gasteiger partial charge < -0.3 is 19.8 Å². The van der Waals surface area contributed by atoms with E-state index >= 15 is 0 Å². The Kier molecular flexibility index (Phi) is 67.9. The molecule has 522 valence electrons. The number of nitrogens with zero attached hydrogens (tertiary/aromatic N) is 1. The fourth-order valence-electron chi connectivity index (χ4n) is 10.5. The van der Waals surface area contributed by atoms with Crippen LogP contribution in [-0.2, 0) is 18.4 Å². The van der Waals surface area contributed by atoms with Gasteiger partial charge in [-0.3, -0.25) is 13.8 Å². The normalized spacial score (nSPS) is 14.4. The van der Waals surface area contributed by atoms with Gasteiger partial charge in [-0.1, -0.05) is 339 Å². The highest BCUT2D eigenvalue weighted by Gasteiger charge is 2.28. The van der Waals surface area contributed by atoms with E-state index in [-0.39, 0.29) is 19.1 Å². The Bertz CT molecular complexity index is 2000. The molecular formula is C82H144N2O6P+. The summed E-state index contributed by atoms with van der Waals surface area (Å²) in [7, 11) is 1.53. The van der Waals surface area contributed by atoms with Gasteiger partial charge in [0.25, 0.3) is 0 Å². The fourth-order valence-corrected chi connectivity index (χ4v) is 11.2. The van der Waals surface area contributed by atoms with E-state index in [4.69, 9.17) is 9.05 Å². The molecule has 0 saturated carbocycles. The molecule has 0 fully saturated rings. The molecule has 8 nitrogen and oxygen atoms in total. The molecule has 0 saturated heterocycles. The molecule has 0 aliphatic carbocycles. The lowest BCUT2D eigenvalue weighted by Crippen LogP contribution is -2.45. The van der Waals surface area contributed by atoms with Gasteiger partial charge in [-0.25, -0.2) is 4.57 Å². The van der Waals surface area contributed by atoms with Crippen LogP contribution in [0.5, 0.6) is 0 Å². The number of carbonyl (C=O) groups excluding carboxylic acids is 1. The molecule has 0 aromatic heterocycles. The van der Waals surface area contributed by atoms with E-state index in [1.807, 2.05) is 27.2 Å². The number of hydrogen-bond donors (Lipinski definition) is 3. The first kappa shape index (κ1) is 87.4. The molecule has 0 spiro atoms.